The van der Waals surface area contributed by atoms with E-state index in [-0.39, 0.29) is 30.0 Å². The molecule has 1 aliphatic heterocycles. The smallest absolute Gasteiger partial charge is 0.272 e. The molecule has 0 aliphatic carbocycles. The number of hydrogen-bond donors (Lipinski definition) is 4. The van der Waals surface area contributed by atoms with Gasteiger partial charge in [0.25, 0.3) is 5.91 Å². The molecule has 5 N–H and O–H groups in total. The van der Waals surface area contributed by atoms with Gasteiger partial charge >= 0.3 is 0 Å². The third kappa shape index (κ3) is 4.79. The molecular formula is C24H23ClFN7O2. The SMILES string of the molecule is Cl.Cn1cc(-c2[nH]c3cc(NC(=O)[C@H](N)CCc4ccc(F)cc4)cc4c3c2C=NNC4=O)cn1. The highest BCUT2D eigenvalue weighted by Crippen LogP contribution is 2.34. The normalized spacial score (nSPS) is 13.2. The van der Waals surface area contributed by atoms with Crippen LogP contribution < -0.4 is 16.5 Å². The molecule has 11 heteroatoms. The topological polar surface area (TPSA) is 130 Å². The Morgan fingerprint density at radius 3 is 2.74 bits per heavy atom. The lowest BCUT2D eigenvalue weighted by Crippen LogP contribution is -2.36. The number of nitrogens with zero attached hydrogens (tertiary/aromatic N) is 3. The van der Waals surface area contributed by atoms with Gasteiger partial charge in [-0.05, 0) is 42.7 Å². The van der Waals surface area contributed by atoms with E-state index in [0.717, 1.165) is 22.4 Å². The van der Waals surface area contributed by atoms with Gasteiger partial charge in [0.1, 0.15) is 5.82 Å². The van der Waals surface area contributed by atoms with Crippen LogP contribution in [0.5, 0.6) is 0 Å². The van der Waals surface area contributed by atoms with Crippen LogP contribution in [0.25, 0.3) is 22.2 Å². The summed E-state index contributed by atoms with van der Waals surface area (Å²) in [6, 6.07) is 8.70. The van der Waals surface area contributed by atoms with E-state index >= 15 is 0 Å². The minimum Gasteiger partial charge on any atom is -0.354 e. The molecular weight excluding hydrogens is 473 g/mol. The number of rotatable bonds is 6. The van der Waals surface area contributed by atoms with Crippen LogP contribution in [0.15, 0.2) is 53.9 Å². The van der Waals surface area contributed by atoms with Gasteiger partial charge in [-0.15, -0.1) is 12.4 Å². The Labute approximate surface area is 206 Å². The minimum atomic E-state index is -0.776. The van der Waals surface area contributed by atoms with E-state index in [1.807, 2.05) is 13.2 Å². The summed E-state index contributed by atoms with van der Waals surface area (Å²) in [5, 5.41) is 11.8. The summed E-state index contributed by atoms with van der Waals surface area (Å²) in [4.78, 5) is 28.7. The fourth-order valence-electron chi connectivity index (χ4n) is 4.07. The summed E-state index contributed by atoms with van der Waals surface area (Å²) in [5.41, 5.74) is 13.3. The lowest BCUT2D eigenvalue weighted by atomic mass is 10.0. The van der Waals surface area contributed by atoms with Crippen LogP contribution in [0.4, 0.5) is 10.1 Å². The Balaban J connectivity index is 0.00000289. The molecule has 180 valence electrons. The van der Waals surface area contributed by atoms with Crippen molar-refractivity contribution in [3.05, 3.63) is 71.3 Å². The number of aromatic nitrogens is 3. The van der Waals surface area contributed by atoms with E-state index in [4.69, 9.17) is 5.73 Å². The third-order valence-corrected chi connectivity index (χ3v) is 5.80. The van der Waals surface area contributed by atoms with E-state index < -0.39 is 6.04 Å². The Kier molecular flexibility index (Phi) is 6.68. The second-order valence-corrected chi connectivity index (χ2v) is 8.22. The van der Waals surface area contributed by atoms with Gasteiger partial charge in [-0.3, -0.25) is 14.3 Å². The first-order chi connectivity index (χ1) is 16.4. The van der Waals surface area contributed by atoms with Crippen molar-refractivity contribution in [1.29, 1.82) is 0 Å². The molecule has 2 aromatic carbocycles. The monoisotopic (exact) mass is 495 g/mol. The number of carbonyl (C=O) groups is 2. The second kappa shape index (κ2) is 9.69. The van der Waals surface area contributed by atoms with Crippen LogP contribution in [0.1, 0.15) is 27.9 Å². The molecule has 2 aromatic heterocycles. The number of aryl methyl sites for hydroxylation is 2. The van der Waals surface area contributed by atoms with Crippen molar-refractivity contribution in [2.24, 2.45) is 17.9 Å². The van der Waals surface area contributed by atoms with E-state index in [1.165, 1.54) is 12.1 Å². The molecule has 0 saturated heterocycles. The molecule has 2 amide bonds. The number of nitrogens with two attached hydrogens (primary N) is 1. The van der Waals surface area contributed by atoms with Crippen LogP contribution in [-0.4, -0.2) is 38.8 Å². The van der Waals surface area contributed by atoms with Gasteiger partial charge in [0.05, 0.1) is 29.7 Å². The van der Waals surface area contributed by atoms with Crippen LogP contribution in [-0.2, 0) is 18.3 Å². The van der Waals surface area contributed by atoms with Gasteiger partial charge in [0, 0.05) is 41.0 Å². The van der Waals surface area contributed by atoms with Crippen molar-refractivity contribution in [3.63, 3.8) is 0 Å². The predicted molar refractivity (Wildman–Crippen MR) is 134 cm³/mol. The molecule has 3 heterocycles. The van der Waals surface area contributed by atoms with Crippen molar-refractivity contribution >= 4 is 47.0 Å². The first-order valence-electron chi connectivity index (χ1n) is 10.7. The number of aromatic amines is 1. The average molecular weight is 496 g/mol. The lowest BCUT2D eigenvalue weighted by molar-refractivity contribution is -0.117. The summed E-state index contributed by atoms with van der Waals surface area (Å²) in [6.45, 7) is 0. The van der Waals surface area contributed by atoms with E-state index in [0.29, 0.717) is 35.0 Å². The maximum absolute atomic E-state index is 13.1. The number of amides is 2. The lowest BCUT2D eigenvalue weighted by Gasteiger charge is -2.13. The molecule has 0 radical (unpaired) electrons. The fourth-order valence-corrected chi connectivity index (χ4v) is 4.07. The average Bonchev–Trinajstić information content (AvgIpc) is 3.36. The summed E-state index contributed by atoms with van der Waals surface area (Å²) in [5.74, 6) is -1.07. The number of nitrogens with one attached hydrogen (secondary N) is 3. The van der Waals surface area contributed by atoms with Crippen molar-refractivity contribution in [2.75, 3.05) is 5.32 Å². The standard InChI is InChI=1S/C24H22FN7O2.ClH/c1-32-12-14(10-28-32)22-18-11-27-31-23(33)17-8-16(9-20(30-22)21(17)18)29-24(34)19(26)7-4-13-2-5-15(25)6-3-13;/h2-3,5-6,8-12,19,30H,4,7,26H2,1H3,(H,29,34)(H,31,33);1H/t19-;/m1./s1. The van der Waals surface area contributed by atoms with Gasteiger partial charge in [-0.25, -0.2) is 9.82 Å². The Hall–Kier alpha value is -4.02. The van der Waals surface area contributed by atoms with Gasteiger partial charge in [0.15, 0.2) is 0 Å². The maximum atomic E-state index is 13.1. The van der Waals surface area contributed by atoms with Crippen LogP contribution >= 0.6 is 12.4 Å². The Bertz CT molecular complexity index is 1440. The number of anilines is 1. The van der Waals surface area contributed by atoms with Gasteiger partial charge in [-0.1, -0.05) is 12.1 Å². The van der Waals surface area contributed by atoms with Crippen LogP contribution in [0.3, 0.4) is 0 Å². The van der Waals surface area contributed by atoms with Crippen molar-refractivity contribution in [2.45, 2.75) is 18.9 Å². The Morgan fingerprint density at radius 1 is 1.26 bits per heavy atom. The highest BCUT2D eigenvalue weighted by Gasteiger charge is 2.23. The first-order valence-corrected chi connectivity index (χ1v) is 10.7. The number of H-pyrrole nitrogens is 1. The number of hydrogen-bond acceptors (Lipinski definition) is 5. The number of benzene rings is 2. The third-order valence-electron chi connectivity index (χ3n) is 5.80. The summed E-state index contributed by atoms with van der Waals surface area (Å²) < 4.78 is 14.8. The molecule has 0 bridgehead atoms. The zero-order valence-electron chi connectivity index (χ0n) is 18.7. The zero-order chi connectivity index (χ0) is 23.8. The summed E-state index contributed by atoms with van der Waals surface area (Å²) in [6.07, 6.45) is 6.10. The number of hydrazone groups is 1. The van der Waals surface area contributed by atoms with Crippen LogP contribution in [0.2, 0.25) is 0 Å². The highest BCUT2D eigenvalue weighted by molar-refractivity contribution is 6.18. The van der Waals surface area contributed by atoms with Gasteiger partial charge < -0.3 is 16.0 Å². The quantitative estimate of drug-likeness (QED) is 0.327. The molecule has 0 spiro atoms. The van der Waals surface area contributed by atoms with Crippen molar-refractivity contribution in [3.8, 4) is 11.3 Å². The predicted octanol–water partition coefficient (Wildman–Crippen LogP) is 3.11. The molecule has 0 fully saturated rings. The molecule has 35 heavy (non-hydrogen) atoms. The van der Waals surface area contributed by atoms with Crippen LogP contribution in [0, 0.1) is 5.82 Å². The molecule has 0 unspecified atom stereocenters. The largest absolute Gasteiger partial charge is 0.354 e. The van der Waals surface area contributed by atoms with Crippen molar-refractivity contribution in [1.82, 2.24) is 20.2 Å². The van der Waals surface area contributed by atoms with Crippen molar-refractivity contribution < 1.29 is 14.0 Å². The van der Waals surface area contributed by atoms with Gasteiger partial charge in [-0.2, -0.15) is 10.2 Å². The fraction of sp³-hybridized carbons (Fsp3) is 0.167. The zero-order valence-corrected chi connectivity index (χ0v) is 19.5. The molecule has 1 aliphatic rings. The maximum Gasteiger partial charge on any atom is 0.272 e. The van der Waals surface area contributed by atoms with E-state index in [2.05, 4.69) is 25.9 Å². The molecule has 9 nitrogen and oxygen atoms in total. The first kappa shape index (κ1) is 24.1. The summed E-state index contributed by atoms with van der Waals surface area (Å²) >= 11 is 0. The molecule has 4 aromatic rings. The van der Waals surface area contributed by atoms with Gasteiger partial charge in [0.2, 0.25) is 5.91 Å². The summed E-state index contributed by atoms with van der Waals surface area (Å²) in [7, 11) is 1.82. The Morgan fingerprint density at radius 2 is 2.03 bits per heavy atom. The minimum absolute atomic E-state index is 0. The highest BCUT2D eigenvalue weighted by atomic mass is 35.5. The second-order valence-electron chi connectivity index (χ2n) is 8.22. The number of carbonyl (C=O) groups excluding carboxylic acids is 2. The molecule has 1 atom stereocenters. The van der Waals surface area contributed by atoms with E-state index in [9.17, 15) is 14.0 Å². The molecule has 5 rings (SSSR count). The molecule has 0 saturated carbocycles. The number of halogens is 2. The van der Waals surface area contributed by atoms with E-state index in [1.54, 1.807) is 41.4 Å².